The number of nitriles is 2. The number of thiocarbonyl (C=S) groups is 1. The molecule has 0 unspecified atom stereocenters. The number of hydrogen-bond acceptors (Lipinski definition) is 5. The molecule has 4 N–H and O–H groups in total. The van der Waals surface area contributed by atoms with Crippen molar-refractivity contribution in [3.63, 3.8) is 0 Å². The third-order valence-corrected chi connectivity index (χ3v) is 6.95. The van der Waals surface area contributed by atoms with Crippen molar-refractivity contribution in [3.05, 3.63) is 80.3 Å². The predicted molar refractivity (Wildman–Crippen MR) is 118 cm³/mol. The minimum atomic E-state index is -1.37. The second-order valence-corrected chi connectivity index (χ2v) is 8.73. The van der Waals surface area contributed by atoms with Crippen LogP contribution in [0.25, 0.3) is 0 Å². The van der Waals surface area contributed by atoms with Crippen molar-refractivity contribution in [2.75, 3.05) is 0 Å². The molecule has 140 valence electrons. The van der Waals surface area contributed by atoms with Gasteiger partial charge in [-0.15, -0.1) is 0 Å². The van der Waals surface area contributed by atoms with Crippen LogP contribution in [0.4, 0.5) is 0 Å². The molecule has 2 aromatic carbocycles. The highest BCUT2D eigenvalue weighted by molar-refractivity contribution is 8.03. The van der Waals surface area contributed by atoms with Crippen LogP contribution in [-0.2, 0) is 0 Å². The highest BCUT2D eigenvalue weighted by atomic mass is 35.5. The Bertz CT molecular complexity index is 1040. The zero-order chi connectivity index (χ0) is 20.5. The number of halogens is 2. The van der Waals surface area contributed by atoms with Crippen LogP contribution in [-0.4, -0.2) is 4.99 Å². The van der Waals surface area contributed by atoms with E-state index in [1.165, 1.54) is 11.8 Å². The van der Waals surface area contributed by atoms with E-state index in [0.717, 1.165) is 5.56 Å². The van der Waals surface area contributed by atoms with E-state index in [4.69, 9.17) is 46.9 Å². The standard InChI is InChI=1S/C20H14Cl2N4S2/c21-13-5-1-11(2-6-13)16-15(9-23)18(25)28-17(20(16,10-24)19(26)27)12-3-7-14(22)8-4-12/h1-8,16-17H,25H2,(H2,26,27)/t16-,17-,20-/m0/s1. The third-order valence-electron chi connectivity index (χ3n) is 4.76. The summed E-state index contributed by atoms with van der Waals surface area (Å²) >= 11 is 18.6. The molecule has 8 heteroatoms. The van der Waals surface area contributed by atoms with Gasteiger partial charge in [0.1, 0.15) is 5.41 Å². The van der Waals surface area contributed by atoms with Crippen molar-refractivity contribution >= 4 is 52.2 Å². The zero-order valence-electron chi connectivity index (χ0n) is 14.4. The summed E-state index contributed by atoms with van der Waals surface area (Å²) in [5.74, 6) is -0.723. The van der Waals surface area contributed by atoms with Gasteiger partial charge in [0, 0.05) is 16.0 Å². The molecule has 0 amide bonds. The van der Waals surface area contributed by atoms with Gasteiger partial charge in [-0.2, -0.15) is 10.5 Å². The fourth-order valence-corrected chi connectivity index (χ4v) is 5.37. The lowest BCUT2D eigenvalue weighted by Crippen LogP contribution is -2.46. The third kappa shape index (κ3) is 3.34. The Hall–Kier alpha value is -2.22. The average Bonchev–Trinajstić information content (AvgIpc) is 2.68. The monoisotopic (exact) mass is 444 g/mol. The highest BCUT2D eigenvalue weighted by Crippen LogP contribution is 2.60. The number of nitrogens with zero attached hydrogens (tertiary/aromatic N) is 2. The molecule has 0 radical (unpaired) electrons. The van der Waals surface area contributed by atoms with Gasteiger partial charge in [-0.1, -0.05) is 71.4 Å². The van der Waals surface area contributed by atoms with Crippen LogP contribution in [0, 0.1) is 28.1 Å². The molecular weight excluding hydrogens is 431 g/mol. The second kappa shape index (κ2) is 8.03. The Morgan fingerprint density at radius 1 is 1.00 bits per heavy atom. The van der Waals surface area contributed by atoms with Crippen LogP contribution in [0.2, 0.25) is 10.0 Å². The maximum Gasteiger partial charge on any atom is 0.135 e. The maximum absolute atomic E-state index is 10.3. The summed E-state index contributed by atoms with van der Waals surface area (Å²) in [6, 6.07) is 18.5. The summed E-state index contributed by atoms with van der Waals surface area (Å²) in [7, 11) is 0. The normalized spacial score (nSPS) is 24.3. The second-order valence-electron chi connectivity index (χ2n) is 6.27. The molecule has 3 rings (SSSR count). The van der Waals surface area contributed by atoms with E-state index >= 15 is 0 Å². The highest BCUT2D eigenvalue weighted by Gasteiger charge is 2.55. The number of nitrogens with two attached hydrogens (primary N) is 2. The molecule has 0 spiro atoms. The molecule has 0 aromatic heterocycles. The molecule has 0 saturated heterocycles. The van der Waals surface area contributed by atoms with E-state index < -0.39 is 16.6 Å². The molecule has 1 aliphatic rings. The average molecular weight is 445 g/mol. The van der Waals surface area contributed by atoms with Gasteiger partial charge >= 0.3 is 0 Å². The van der Waals surface area contributed by atoms with E-state index in [2.05, 4.69) is 12.1 Å². The number of allylic oxidation sites excluding steroid dienone is 1. The van der Waals surface area contributed by atoms with Gasteiger partial charge in [0.2, 0.25) is 0 Å². The molecule has 28 heavy (non-hydrogen) atoms. The summed E-state index contributed by atoms with van der Waals surface area (Å²) in [6.45, 7) is 0. The lowest BCUT2D eigenvalue weighted by Gasteiger charge is -2.44. The van der Waals surface area contributed by atoms with Crippen molar-refractivity contribution in [1.29, 1.82) is 10.5 Å². The fraction of sp³-hybridized carbons (Fsp3) is 0.150. The molecule has 4 nitrogen and oxygen atoms in total. The molecule has 0 fully saturated rings. The first-order chi connectivity index (χ1) is 13.3. The first-order valence-corrected chi connectivity index (χ1v) is 10.2. The van der Waals surface area contributed by atoms with Crippen LogP contribution >= 0.6 is 47.2 Å². The van der Waals surface area contributed by atoms with Crippen LogP contribution < -0.4 is 11.5 Å². The molecule has 0 bridgehead atoms. The molecule has 1 heterocycles. The van der Waals surface area contributed by atoms with E-state index in [-0.39, 0.29) is 10.6 Å². The SMILES string of the molecule is N#CC1=C(N)S[C@@H](c2ccc(Cl)cc2)[C@@](C#N)(C(N)=S)[C@H]1c1ccc(Cl)cc1. The summed E-state index contributed by atoms with van der Waals surface area (Å²) in [4.78, 5) is 0.00245. The topological polar surface area (TPSA) is 99.6 Å². The largest absolute Gasteiger partial charge is 0.393 e. The van der Waals surface area contributed by atoms with Gasteiger partial charge in [-0.05, 0) is 35.4 Å². The van der Waals surface area contributed by atoms with Gasteiger partial charge in [-0.25, -0.2) is 0 Å². The Labute approximate surface area is 182 Å². The molecule has 0 saturated carbocycles. The minimum Gasteiger partial charge on any atom is -0.393 e. The van der Waals surface area contributed by atoms with Crippen molar-refractivity contribution in [3.8, 4) is 12.1 Å². The lowest BCUT2D eigenvalue weighted by molar-refractivity contribution is 0.462. The molecule has 0 aliphatic carbocycles. The summed E-state index contributed by atoms with van der Waals surface area (Å²) in [5.41, 5.74) is 12.8. The van der Waals surface area contributed by atoms with Gasteiger partial charge in [-0.3, -0.25) is 0 Å². The zero-order valence-corrected chi connectivity index (χ0v) is 17.5. The Balaban J connectivity index is 2.32. The van der Waals surface area contributed by atoms with Crippen LogP contribution in [0.5, 0.6) is 0 Å². The Morgan fingerprint density at radius 2 is 1.50 bits per heavy atom. The summed E-state index contributed by atoms with van der Waals surface area (Å²) < 4.78 is 0. The quantitative estimate of drug-likeness (QED) is 0.641. The van der Waals surface area contributed by atoms with Gasteiger partial charge in [0.25, 0.3) is 0 Å². The van der Waals surface area contributed by atoms with E-state index in [9.17, 15) is 10.5 Å². The van der Waals surface area contributed by atoms with Gasteiger partial charge in [0.05, 0.1) is 33.0 Å². The Morgan fingerprint density at radius 3 is 1.93 bits per heavy atom. The summed E-state index contributed by atoms with van der Waals surface area (Å²) in [6.07, 6.45) is 0. The van der Waals surface area contributed by atoms with E-state index in [0.29, 0.717) is 20.6 Å². The van der Waals surface area contributed by atoms with Crippen molar-refractivity contribution in [2.24, 2.45) is 16.9 Å². The first kappa shape index (κ1) is 20.5. The fourth-order valence-electron chi connectivity index (χ4n) is 3.43. The predicted octanol–water partition coefficient (Wildman–Crippen LogP) is 5.06. The van der Waals surface area contributed by atoms with Crippen molar-refractivity contribution in [2.45, 2.75) is 11.2 Å². The summed E-state index contributed by atoms with van der Waals surface area (Å²) in [5, 5.41) is 21.1. The van der Waals surface area contributed by atoms with Crippen LogP contribution in [0.3, 0.4) is 0 Å². The number of thioether (sulfide) groups is 1. The van der Waals surface area contributed by atoms with Crippen LogP contribution in [0.1, 0.15) is 22.3 Å². The van der Waals surface area contributed by atoms with E-state index in [1.807, 2.05) is 12.1 Å². The molecule has 1 aliphatic heterocycles. The number of hydrogen-bond donors (Lipinski definition) is 2. The smallest absolute Gasteiger partial charge is 0.135 e. The van der Waals surface area contributed by atoms with E-state index in [1.54, 1.807) is 36.4 Å². The molecule has 3 atom stereocenters. The van der Waals surface area contributed by atoms with Crippen LogP contribution in [0.15, 0.2) is 59.1 Å². The van der Waals surface area contributed by atoms with Crippen molar-refractivity contribution in [1.82, 2.24) is 0 Å². The minimum absolute atomic E-state index is 0.00245. The molecular formula is C20H14Cl2N4S2. The van der Waals surface area contributed by atoms with Crippen molar-refractivity contribution < 1.29 is 0 Å². The maximum atomic E-state index is 10.3. The van der Waals surface area contributed by atoms with Gasteiger partial charge in [0.15, 0.2) is 0 Å². The molecule has 2 aromatic rings. The Kier molecular flexibility index (Phi) is 5.88. The lowest BCUT2D eigenvalue weighted by atomic mass is 9.65. The number of benzene rings is 2. The number of rotatable bonds is 3. The van der Waals surface area contributed by atoms with Gasteiger partial charge < -0.3 is 11.5 Å². The first-order valence-electron chi connectivity index (χ1n) is 8.13.